The lowest BCUT2D eigenvalue weighted by Gasteiger charge is -2.31. The van der Waals surface area contributed by atoms with E-state index in [1.807, 2.05) is 0 Å². The van der Waals surface area contributed by atoms with E-state index in [0.29, 0.717) is 11.5 Å². The molecule has 0 unspecified atom stereocenters. The van der Waals surface area contributed by atoms with E-state index >= 15 is 0 Å². The van der Waals surface area contributed by atoms with Gasteiger partial charge in [0.25, 0.3) is 0 Å². The van der Waals surface area contributed by atoms with Gasteiger partial charge in [0.2, 0.25) is 0 Å². The van der Waals surface area contributed by atoms with Crippen LogP contribution in [0.15, 0.2) is 0 Å². The van der Waals surface area contributed by atoms with Crippen molar-refractivity contribution in [3.8, 4) is 0 Å². The minimum absolute atomic E-state index is 0.0365. The molecule has 2 heteroatoms. The molecule has 2 nitrogen and oxygen atoms in total. The van der Waals surface area contributed by atoms with E-state index in [2.05, 4.69) is 26.1 Å². The average Bonchev–Trinajstić information content (AvgIpc) is 2.29. The maximum Gasteiger partial charge on any atom is 0.0541 e. The third kappa shape index (κ3) is 6.42. The maximum atomic E-state index is 9.47. The van der Waals surface area contributed by atoms with Crippen molar-refractivity contribution in [1.29, 1.82) is 0 Å². The zero-order valence-electron chi connectivity index (χ0n) is 12.0. The molecule has 0 bridgehead atoms. The number of hydrogen-bond donors (Lipinski definition) is 2. The Bertz CT molecular complexity index is 195. The van der Waals surface area contributed by atoms with Crippen LogP contribution < -0.4 is 5.32 Å². The van der Waals surface area contributed by atoms with Crippen molar-refractivity contribution in [3.05, 3.63) is 0 Å². The predicted octanol–water partition coefficient (Wildman–Crippen LogP) is 3.49. The highest BCUT2D eigenvalue weighted by atomic mass is 16.3. The molecule has 0 heterocycles. The highest BCUT2D eigenvalue weighted by molar-refractivity contribution is 4.80. The molecular weight excluding hydrogens is 210 g/mol. The summed E-state index contributed by atoms with van der Waals surface area (Å²) in [4.78, 5) is 0. The molecule has 1 fully saturated rings. The van der Waals surface area contributed by atoms with Crippen LogP contribution in [0.5, 0.6) is 0 Å². The molecule has 0 aromatic rings. The summed E-state index contributed by atoms with van der Waals surface area (Å²) in [5.74, 6) is 0. The third-order valence-corrected chi connectivity index (χ3v) is 4.02. The largest absolute Gasteiger partial charge is 0.393 e. The van der Waals surface area contributed by atoms with Crippen LogP contribution in [0, 0.1) is 5.41 Å². The van der Waals surface area contributed by atoms with E-state index in [1.54, 1.807) is 0 Å². The summed E-state index contributed by atoms with van der Waals surface area (Å²) >= 11 is 0. The average molecular weight is 241 g/mol. The second-order valence-electron chi connectivity index (χ2n) is 6.51. The molecule has 0 aromatic carbocycles. The lowest BCUT2D eigenvalue weighted by atomic mass is 9.85. The van der Waals surface area contributed by atoms with E-state index in [4.69, 9.17) is 0 Å². The normalized spacial score (nSPS) is 26.1. The van der Waals surface area contributed by atoms with Gasteiger partial charge in [-0.1, -0.05) is 40.0 Å². The number of hydrogen-bond acceptors (Lipinski definition) is 2. The molecule has 1 aliphatic rings. The number of nitrogens with one attached hydrogen (secondary N) is 1. The van der Waals surface area contributed by atoms with Gasteiger partial charge >= 0.3 is 0 Å². The topological polar surface area (TPSA) is 32.3 Å². The van der Waals surface area contributed by atoms with Gasteiger partial charge in [0.15, 0.2) is 0 Å². The molecule has 0 aromatic heterocycles. The molecule has 0 radical (unpaired) electrons. The minimum Gasteiger partial charge on any atom is -0.393 e. The van der Waals surface area contributed by atoms with Gasteiger partial charge in [-0.25, -0.2) is 0 Å². The van der Waals surface area contributed by atoms with Crippen LogP contribution in [-0.4, -0.2) is 23.8 Å². The Morgan fingerprint density at radius 2 is 1.76 bits per heavy atom. The number of unbranched alkanes of at least 4 members (excludes halogenated alkanes) is 2. The Balaban J connectivity index is 2.15. The zero-order chi connectivity index (χ0) is 12.7. The van der Waals surface area contributed by atoms with E-state index in [1.165, 1.54) is 25.7 Å². The summed E-state index contributed by atoms with van der Waals surface area (Å²) < 4.78 is 0. The Kier molecular flexibility index (Phi) is 6.50. The van der Waals surface area contributed by atoms with Gasteiger partial charge in [-0.15, -0.1) is 0 Å². The first-order valence-corrected chi connectivity index (χ1v) is 7.45. The van der Waals surface area contributed by atoms with Crippen LogP contribution in [-0.2, 0) is 0 Å². The highest BCUT2D eigenvalue weighted by Gasteiger charge is 2.22. The second kappa shape index (κ2) is 7.38. The van der Waals surface area contributed by atoms with Crippen LogP contribution in [0.3, 0.4) is 0 Å². The molecule has 0 spiro atoms. The number of aliphatic hydroxyl groups is 1. The third-order valence-electron chi connectivity index (χ3n) is 4.02. The van der Waals surface area contributed by atoms with Gasteiger partial charge in [0.1, 0.15) is 0 Å². The summed E-state index contributed by atoms with van der Waals surface area (Å²) in [6, 6.07) is 0.642. The van der Waals surface area contributed by atoms with Crippen molar-refractivity contribution < 1.29 is 5.11 Å². The molecule has 0 aliphatic heterocycles. The van der Waals surface area contributed by atoms with E-state index < -0.39 is 0 Å². The summed E-state index contributed by atoms with van der Waals surface area (Å²) in [6.07, 6.45) is 9.56. The Labute approximate surface area is 107 Å². The van der Waals surface area contributed by atoms with Gasteiger partial charge in [-0.2, -0.15) is 0 Å². The van der Waals surface area contributed by atoms with Gasteiger partial charge in [0, 0.05) is 12.6 Å². The van der Waals surface area contributed by atoms with E-state index in [9.17, 15) is 5.11 Å². The second-order valence-corrected chi connectivity index (χ2v) is 6.51. The summed E-state index contributed by atoms with van der Waals surface area (Å²) in [5.41, 5.74) is 0.422. The number of rotatable bonds is 7. The molecule has 1 saturated carbocycles. The minimum atomic E-state index is -0.0365. The van der Waals surface area contributed by atoms with Crippen molar-refractivity contribution in [2.24, 2.45) is 5.41 Å². The molecule has 1 rings (SSSR count). The fourth-order valence-electron chi connectivity index (χ4n) is 2.64. The van der Waals surface area contributed by atoms with Crippen molar-refractivity contribution in [1.82, 2.24) is 5.32 Å². The lowest BCUT2D eigenvalue weighted by molar-refractivity contribution is 0.113. The zero-order valence-corrected chi connectivity index (χ0v) is 12.0. The van der Waals surface area contributed by atoms with Crippen molar-refractivity contribution >= 4 is 0 Å². The smallest absolute Gasteiger partial charge is 0.0541 e. The number of aliphatic hydroxyl groups excluding tert-OH is 1. The SMILES string of the molecule is CCCCCC(C)(C)CNC1CCC(O)CC1. The Hall–Kier alpha value is -0.0800. The molecule has 1 aliphatic carbocycles. The molecule has 0 amide bonds. The van der Waals surface area contributed by atoms with Gasteiger partial charge in [0.05, 0.1) is 6.10 Å². The first-order valence-electron chi connectivity index (χ1n) is 7.45. The molecular formula is C15H31NO. The molecule has 0 saturated heterocycles. The lowest BCUT2D eigenvalue weighted by Crippen LogP contribution is -2.40. The summed E-state index contributed by atoms with van der Waals surface area (Å²) in [6.45, 7) is 8.12. The van der Waals surface area contributed by atoms with Crippen molar-refractivity contribution in [2.75, 3.05) is 6.54 Å². The molecule has 17 heavy (non-hydrogen) atoms. The van der Waals surface area contributed by atoms with Crippen LogP contribution >= 0.6 is 0 Å². The fraction of sp³-hybridized carbons (Fsp3) is 1.00. The van der Waals surface area contributed by atoms with Gasteiger partial charge < -0.3 is 10.4 Å². The van der Waals surface area contributed by atoms with Crippen molar-refractivity contribution in [3.63, 3.8) is 0 Å². The predicted molar refractivity (Wildman–Crippen MR) is 74.2 cm³/mol. The first-order chi connectivity index (χ1) is 8.03. The van der Waals surface area contributed by atoms with Gasteiger partial charge in [-0.05, 0) is 37.5 Å². The molecule has 2 N–H and O–H groups in total. The van der Waals surface area contributed by atoms with Crippen LogP contribution in [0.1, 0.15) is 72.1 Å². The summed E-state index contributed by atoms with van der Waals surface area (Å²) in [5, 5.41) is 13.2. The van der Waals surface area contributed by atoms with Crippen LogP contribution in [0.2, 0.25) is 0 Å². The Morgan fingerprint density at radius 1 is 1.12 bits per heavy atom. The Morgan fingerprint density at radius 3 is 2.35 bits per heavy atom. The van der Waals surface area contributed by atoms with Gasteiger partial charge in [-0.3, -0.25) is 0 Å². The first kappa shape index (κ1) is 15.0. The maximum absolute atomic E-state index is 9.47. The van der Waals surface area contributed by atoms with E-state index in [0.717, 1.165) is 32.2 Å². The quantitative estimate of drug-likeness (QED) is 0.669. The highest BCUT2D eigenvalue weighted by Crippen LogP contribution is 2.24. The van der Waals surface area contributed by atoms with Crippen LogP contribution in [0.4, 0.5) is 0 Å². The van der Waals surface area contributed by atoms with E-state index in [-0.39, 0.29) is 6.10 Å². The molecule has 0 atom stereocenters. The molecule has 102 valence electrons. The standard InChI is InChI=1S/C15H31NO/c1-4-5-6-11-15(2,3)12-16-13-7-9-14(17)10-8-13/h13-14,16-17H,4-12H2,1-3H3. The monoisotopic (exact) mass is 241 g/mol. The fourth-order valence-corrected chi connectivity index (χ4v) is 2.64. The van der Waals surface area contributed by atoms with Crippen LogP contribution in [0.25, 0.3) is 0 Å². The van der Waals surface area contributed by atoms with Crippen molar-refractivity contribution in [2.45, 2.75) is 84.3 Å². The summed E-state index contributed by atoms with van der Waals surface area (Å²) in [7, 11) is 0.